The zero-order valence-electron chi connectivity index (χ0n) is 15.5. The third kappa shape index (κ3) is 5.36. The number of aliphatic hydroxyl groups excluding tert-OH is 1. The first-order chi connectivity index (χ1) is 11.7. The molecule has 0 aliphatic heterocycles. The van der Waals surface area contributed by atoms with Gasteiger partial charge >= 0.3 is 0 Å². The summed E-state index contributed by atoms with van der Waals surface area (Å²) in [6.07, 6.45) is 4.17. The molecule has 0 unspecified atom stereocenters. The number of alkyl halides is 1. The van der Waals surface area contributed by atoms with E-state index in [-0.39, 0.29) is 6.61 Å². The minimum absolute atomic E-state index is 0.174. The molecule has 0 radical (unpaired) electrons. The number of halogens is 1. The maximum absolute atomic E-state index is 9.16. The Kier molecular flexibility index (Phi) is 9.75. The molecule has 2 heteroatoms. The van der Waals surface area contributed by atoms with Gasteiger partial charge in [-0.3, -0.25) is 0 Å². The van der Waals surface area contributed by atoms with Crippen LogP contribution in [0.1, 0.15) is 61.1 Å². The third-order valence-corrected chi connectivity index (χ3v) is 4.82. The van der Waals surface area contributed by atoms with Crippen LogP contribution in [0.15, 0.2) is 36.4 Å². The van der Waals surface area contributed by atoms with Crippen molar-refractivity contribution in [3.8, 4) is 0 Å². The Bertz CT molecular complexity index is 519. The van der Waals surface area contributed by atoms with Gasteiger partial charge in [0.1, 0.15) is 0 Å². The van der Waals surface area contributed by atoms with Gasteiger partial charge in [-0.05, 0) is 59.1 Å². The van der Waals surface area contributed by atoms with Gasteiger partial charge in [0.25, 0.3) is 0 Å². The summed E-state index contributed by atoms with van der Waals surface area (Å²) < 4.78 is 0. The molecule has 0 heterocycles. The van der Waals surface area contributed by atoms with Gasteiger partial charge in [-0.15, -0.1) is 11.6 Å². The van der Waals surface area contributed by atoms with Gasteiger partial charge in [-0.25, -0.2) is 0 Å². The highest BCUT2D eigenvalue weighted by molar-refractivity contribution is 6.17. The predicted molar refractivity (Wildman–Crippen MR) is 106 cm³/mol. The van der Waals surface area contributed by atoms with Gasteiger partial charge in [0.2, 0.25) is 0 Å². The predicted octanol–water partition coefficient (Wildman–Crippen LogP) is 5.85. The number of aryl methyl sites for hydroxylation is 4. The average molecular weight is 347 g/mol. The van der Waals surface area contributed by atoms with Crippen molar-refractivity contribution in [3.05, 3.63) is 69.8 Å². The van der Waals surface area contributed by atoms with Crippen molar-refractivity contribution in [3.63, 3.8) is 0 Å². The van der Waals surface area contributed by atoms with Crippen LogP contribution in [0.2, 0.25) is 0 Å². The van der Waals surface area contributed by atoms with Gasteiger partial charge in [0.05, 0.1) is 6.61 Å². The molecule has 2 aromatic carbocycles. The molecule has 2 aromatic rings. The molecule has 0 aromatic heterocycles. The Balaban J connectivity index is 0.000000240. The lowest BCUT2D eigenvalue weighted by atomic mass is 9.98. The number of hydrogen-bond acceptors (Lipinski definition) is 1. The summed E-state index contributed by atoms with van der Waals surface area (Å²) in [6.45, 7) is 8.75. The van der Waals surface area contributed by atoms with Crippen LogP contribution in [0.4, 0.5) is 0 Å². The third-order valence-electron chi connectivity index (χ3n) is 4.56. The maximum Gasteiger partial charge on any atom is 0.0687 e. The van der Waals surface area contributed by atoms with E-state index >= 15 is 0 Å². The molecule has 24 heavy (non-hydrogen) atoms. The van der Waals surface area contributed by atoms with Crippen molar-refractivity contribution >= 4 is 11.6 Å². The zero-order valence-corrected chi connectivity index (χ0v) is 16.3. The average Bonchev–Trinajstić information content (AvgIpc) is 2.66. The summed E-state index contributed by atoms with van der Waals surface area (Å²) in [7, 11) is 0. The Hall–Kier alpha value is -1.31. The molecular formula is C22H31ClO. The molecule has 0 bridgehead atoms. The van der Waals surface area contributed by atoms with E-state index < -0.39 is 0 Å². The minimum atomic E-state index is 0.174. The Labute approximate surface area is 152 Å². The second-order valence-electron chi connectivity index (χ2n) is 5.82. The summed E-state index contributed by atoms with van der Waals surface area (Å²) in [6, 6.07) is 12.7. The fourth-order valence-corrected chi connectivity index (χ4v) is 3.42. The molecule has 0 spiro atoms. The number of hydrogen-bond donors (Lipinski definition) is 1. The van der Waals surface area contributed by atoms with E-state index in [0.717, 1.165) is 31.2 Å². The van der Waals surface area contributed by atoms with Gasteiger partial charge in [-0.1, -0.05) is 64.1 Å². The highest BCUT2D eigenvalue weighted by atomic mass is 35.5. The quantitative estimate of drug-likeness (QED) is 0.650. The Morgan fingerprint density at radius 1 is 0.667 bits per heavy atom. The standard InChI is InChI=1S/C11H15Cl.C11H16O/c2*1-3-9-6-5-7-10(4-2)11(9)8-12/h5-7H,3-4,8H2,1-2H3;5-7,12H,3-4,8H2,1-2H3. The summed E-state index contributed by atoms with van der Waals surface area (Å²) >= 11 is 5.89. The largest absolute Gasteiger partial charge is 0.392 e. The van der Waals surface area contributed by atoms with Gasteiger partial charge in [-0.2, -0.15) is 0 Å². The van der Waals surface area contributed by atoms with Crippen molar-refractivity contribution < 1.29 is 5.11 Å². The lowest BCUT2D eigenvalue weighted by molar-refractivity contribution is 0.279. The maximum atomic E-state index is 9.16. The lowest BCUT2D eigenvalue weighted by Gasteiger charge is -2.09. The molecule has 0 fully saturated rings. The van der Waals surface area contributed by atoms with E-state index in [1.807, 2.05) is 0 Å². The molecule has 1 nitrogen and oxygen atoms in total. The fourth-order valence-electron chi connectivity index (χ4n) is 3.08. The van der Waals surface area contributed by atoms with E-state index in [4.69, 9.17) is 16.7 Å². The molecule has 1 N–H and O–H groups in total. The first-order valence-electron chi connectivity index (χ1n) is 9.02. The number of benzene rings is 2. The van der Waals surface area contributed by atoms with E-state index in [1.165, 1.54) is 27.8 Å². The number of aliphatic hydroxyl groups is 1. The van der Waals surface area contributed by atoms with Crippen LogP contribution in [-0.2, 0) is 38.2 Å². The van der Waals surface area contributed by atoms with Gasteiger partial charge < -0.3 is 5.11 Å². The minimum Gasteiger partial charge on any atom is -0.392 e. The van der Waals surface area contributed by atoms with E-state index in [2.05, 4.69) is 64.1 Å². The van der Waals surface area contributed by atoms with Crippen LogP contribution in [0, 0.1) is 0 Å². The topological polar surface area (TPSA) is 20.2 Å². The molecule has 0 saturated carbocycles. The first kappa shape index (κ1) is 20.7. The molecule has 0 saturated heterocycles. The zero-order chi connectivity index (χ0) is 17.9. The van der Waals surface area contributed by atoms with E-state index in [0.29, 0.717) is 5.88 Å². The SMILES string of the molecule is CCc1cccc(CC)c1CCl.CCc1cccc(CC)c1CO. The second-order valence-corrected chi connectivity index (χ2v) is 6.08. The Morgan fingerprint density at radius 3 is 1.25 bits per heavy atom. The van der Waals surface area contributed by atoms with Crippen molar-refractivity contribution in [1.82, 2.24) is 0 Å². The fraction of sp³-hybridized carbons (Fsp3) is 0.455. The second kappa shape index (κ2) is 11.3. The molecule has 0 aliphatic rings. The van der Waals surface area contributed by atoms with E-state index in [9.17, 15) is 0 Å². The van der Waals surface area contributed by atoms with E-state index in [1.54, 1.807) is 0 Å². The van der Waals surface area contributed by atoms with Gasteiger partial charge in [0.15, 0.2) is 0 Å². The van der Waals surface area contributed by atoms with Crippen molar-refractivity contribution in [1.29, 1.82) is 0 Å². The van der Waals surface area contributed by atoms with Crippen LogP contribution in [0.3, 0.4) is 0 Å². The van der Waals surface area contributed by atoms with Crippen LogP contribution in [0.5, 0.6) is 0 Å². The van der Waals surface area contributed by atoms with Crippen LogP contribution < -0.4 is 0 Å². The smallest absolute Gasteiger partial charge is 0.0687 e. The summed E-state index contributed by atoms with van der Waals surface area (Å²) in [5, 5.41) is 9.16. The molecule has 0 aliphatic carbocycles. The molecule has 2 rings (SSSR count). The number of rotatable bonds is 6. The summed E-state index contributed by atoms with van der Waals surface area (Å²) in [5.41, 5.74) is 7.80. The van der Waals surface area contributed by atoms with Crippen molar-refractivity contribution in [2.24, 2.45) is 0 Å². The highest BCUT2D eigenvalue weighted by Gasteiger charge is 2.04. The Morgan fingerprint density at radius 2 is 1.00 bits per heavy atom. The van der Waals surface area contributed by atoms with Crippen LogP contribution >= 0.6 is 11.6 Å². The van der Waals surface area contributed by atoms with Gasteiger partial charge in [0, 0.05) is 5.88 Å². The summed E-state index contributed by atoms with van der Waals surface area (Å²) in [4.78, 5) is 0. The molecule has 0 atom stereocenters. The summed E-state index contributed by atoms with van der Waals surface area (Å²) in [5.74, 6) is 0.646. The molecular weight excluding hydrogens is 316 g/mol. The molecule has 132 valence electrons. The van der Waals surface area contributed by atoms with Crippen molar-refractivity contribution in [2.45, 2.75) is 65.9 Å². The van der Waals surface area contributed by atoms with Crippen LogP contribution in [-0.4, -0.2) is 5.11 Å². The van der Waals surface area contributed by atoms with Crippen LogP contribution in [0.25, 0.3) is 0 Å². The highest BCUT2D eigenvalue weighted by Crippen LogP contribution is 2.18. The van der Waals surface area contributed by atoms with Crippen molar-refractivity contribution in [2.75, 3.05) is 0 Å². The first-order valence-corrected chi connectivity index (χ1v) is 9.56. The normalized spacial score (nSPS) is 10.2. The lowest BCUT2D eigenvalue weighted by Crippen LogP contribution is -1.97. The monoisotopic (exact) mass is 346 g/mol. The molecule has 0 amide bonds.